The smallest absolute Gasteiger partial charge is 0.367 e. The molecule has 1 aliphatic heterocycles. The van der Waals surface area contributed by atoms with Gasteiger partial charge in [-0.3, -0.25) is 4.90 Å². The molecule has 0 radical (unpaired) electrons. The fraction of sp³-hybridized carbons (Fsp3) is 0.500. The van der Waals surface area contributed by atoms with Gasteiger partial charge in [0.1, 0.15) is 17.0 Å². The summed E-state index contributed by atoms with van der Waals surface area (Å²) in [5.74, 6) is 3.25. The number of likely N-dealkylation sites (tertiary alicyclic amines) is 1. The van der Waals surface area contributed by atoms with E-state index in [0.29, 0.717) is 22.6 Å². The quantitative estimate of drug-likeness (QED) is 0.856. The van der Waals surface area contributed by atoms with Gasteiger partial charge in [0.2, 0.25) is 0 Å². The molecule has 1 aliphatic rings. The molecule has 3 rings (SSSR count). The van der Waals surface area contributed by atoms with Crippen LogP contribution in [0.4, 0.5) is 19.0 Å². The zero-order valence-corrected chi connectivity index (χ0v) is 13.8. The van der Waals surface area contributed by atoms with Crippen LogP contribution in [0.2, 0.25) is 0 Å². The molecule has 0 bridgehead atoms. The maximum absolute atomic E-state index is 12.6. The summed E-state index contributed by atoms with van der Waals surface area (Å²) in [6, 6.07) is 1.78. The Kier molecular flexibility index (Phi) is 4.92. The largest absolute Gasteiger partial charge is 0.393 e. The van der Waals surface area contributed by atoms with Crippen molar-refractivity contribution >= 4 is 27.4 Å². The number of halogens is 3. The van der Waals surface area contributed by atoms with Crippen molar-refractivity contribution in [2.45, 2.75) is 31.5 Å². The predicted molar refractivity (Wildman–Crippen MR) is 89.1 cm³/mol. The van der Waals surface area contributed by atoms with E-state index in [2.05, 4.69) is 26.1 Å². The van der Waals surface area contributed by atoms with Gasteiger partial charge in [0.05, 0.1) is 18.4 Å². The number of aromatic nitrogens is 2. The van der Waals surface area contributed by atoms with Crippen molar-refractivity contribution < 1.29 is 13.2 Å². The highest BCUT2D eigenvalue weighted by Gasteiger charge is 2.29. The van der Waals surface area contributed by atoms with Crippen molar-refractivity contribution in [2.24, 2.45) is 0 Å². The van der Waals surface area contributed by atoms with E-state index in [9.17, 15) is 13.2 Å². The van der Waals surface area contributed by atoms with Crippen LogP contribution in [0.25, 0.3) is 10.2 Å². The van der Waals surface area contributed by atoms with Crippen molar-refractivity contribution in [1.29, 1.82) is 0 Å². The number of fused-ring (bicyclic) bond motifs is 1. The van der Waals surface area contributed by atoms with Gasteiger partial charge in [-0.2, -0.15) is 13.2 Å². The molecule has 1 N–H and O–H groups in total. The van der Waals surface area contributed by atoms with Crippen LogP contribution in [-0.4, -0.2) is 46.7 Å². The number of anilines is 1. The summed E-state index contributed by atoms with van der Waals surface area (Å²) in [5, 5.41) is 4.02. The highest BCUT2D eigenvalue weighted by molar-refractivity contribution is 7.18. The van der Waals surface area contributed by atoms with Gasteiger partial charge < -0.3 is 5.32 Å². The normalized spacial score (nSPS) is 17.1. The van der Waals surface area contributed by atoms with E-state index in [1.165, 1.54) is 6.33 Å². The van der Waals surface area contributed by atoms with Crippen LogP contribution in [0, 0.1) is 12.3 Å². The Bertz CT molecular complexity index is 742. The maximum atomic E-state index is 12.6. The highest BCUT2D eigenvalue weighted by Crippen LogP contribution is 2.33. The van der Waals surface area contributed by atoms with Gasteiger partial charge in [-0.1, -0.05) is 5.92 Å². The minimum atomic E-state index is -4.22. The molecule has 0 spiro atoms. The summed E-state index contributed by atoms with van der Waals surface area (Å²) < 4.78 is 37.7. The number of thiophene rings is 1. The second kappa shape index (κ2) is 6.95. The fourth-order valence-corrected chi connectivity index (χ4v) is 3.89. The SMILES string of the molecule is C#CCN1CCC(Nc2ncnc3sc(CC(F)(F)F)cc23)CC1. The number of hydrogen-bond acceptors (Lipinski definition) is 5. The Balaban J connectivity index is 1.72. The van der Waals surface area contributed by atoms with Crippen LogP contribution < -0.4 is 5.32 Å². The highest BCUT2D eigenvalue weighted by atomic mass is 32.1. The second-order valence-electron chi connectivity index (χ2n) is 5.84. The Morgan fingerprint density at radius 1 is 1.33 bits per heavy atom. The van der Waals surface area contributed by atoms with Crippen LogP contribution in [-0.2, 0) is 6.42 Å². The van der Waals surface area contributed by atoms with E-state index >= 15 is 0 Å². The molecular formula is C16H17F3N4S. The van der Waals surface area contributed by atoms with Crippen LogP contribution >= 0.6 is 11.3 Å². The summed E-state index contributed by atoms with van der Waals surface area (Å²) in [6.45, 7) is 2.45. The average Bonchev–Trinajstić information content (AvgIpc) is 2.91. The van der Waals surface area contributed by atoms with Crippen molar-refractivity contribution in [2.75, 3.05) is 25.0 Å². The van der Waals surface area contributed by atoms with Gasteiger partial charge in [0.25, 0.3) is 0 Å². The first kappa shape index (κ1) is 17.0. The predicted octanol–water partition coefficient (Wildman–Crippen LogP) is 3.31. The molecule has 0 unspecified atom stereocenters. The third kappa shape index (κ3) is 4.16. The maximum Gasteiger partial charge on any atom is 0.393 e. The Morgan fingerprint density at radius 2 is 2.08 bits per heavy atom. The van der Waals surface area contributed by atoms with Crippen LogP contribution in [0.1, 0.15) is 17.7 Å². The van der Waals surface area contributed by atoms with E-state index in [4.69, 9.17) is 6.42 Å². The zero-order valence-electron chi connectivity index (χ0n) is 12.9. The first-order chi connectivity index (χ1) is 11.4. The molecule has 0 aliphatic carbocycles. The fourth-order valence-electron chi connectivity index (χ4n) is 2.86. The van der Waals surface area contributed by atoms with Gasteiger partial charge >= 0.3 is 6.18 Å². The van der Waals surface area contributed by atoms with E-state index in [1.807, 2.05) is 0 Å². The summed E-state index contributed by atoms with van der Waals surface area (Å²) in [5.41, 5.74) is 0. The first-order valence-corrected chi connectivity index (χ1v) is 8.49. The molecule has 2 aromatic heterocycles. The Morgan fingerprint density at radius 3 is 2.75 bits per heavy atom. The average molecular weight is 354 g/mol. The summed E-state index contributed by atoms with van der Waals surface area (Å²) in [7, 11) is 0. The third-order valence-electron chi connectivity index (χ3n) is 4.00. The molecule has 4 nitrogen and oxygen atoms in total. The zero-order chi connectivity index (χ0) is 17.2. The lowest BCUT2D eigenvalue weighted by atomic mass is 10.0. The minimum absolute atomic E-state index is 0.239. The van der Waals surface area contributed by atoms with Crippen molar-refractivity contribution in [1.82, 2.24) is 14.9 Å². The molecule has 1 saturated heterocycles. The monoisotopic (exact) mass is 354 g/mol. The summed E-state index contributed by atoms with van der Waals surface area (Å²) in [6.07, 6.45) is 3.42. The number of rotatable bonds is 4. The summed E-state index contributed by atoms with van der Waals surface area (Å²) >= 11 is 1.07. The Hall–Kier alpha value is -1.85. The molecule has 3 heterocycles. The van der Waals surface area contributed by atoms with E-state index in [1.54, 1.807) is 6.07 Å². The molecule has 1 fully saturated rings. The van der Waals surface area contributed by atoms with Crippen LogP contribution in [0.3, 0.4) is 0 Å². The molecule has 2 aromatic rings. The van der Waals surface area contributed by atoms with Gasteiger partial charge in [0, 0.05) is 24.0 Å². The van der Waals surface area contributed by atoms with Crippen molar-refractivity contribution in [3.63, 3.8) is 0 Å². The first-order valence-electron chi connectivity index (χ1n) is 7.67. The standard InChI is InChI=1S/C16H17F3N4S/c1-2-5-23-6-3-11(4-7-23)22-14-13-8-12(9-16(17,18)19)24-15(13)21-10-20-14/h1,8,10-11H,3-7,9H2,(H,20,21,22). The van der Waals surface area contributed by atoms with Gasteiger partial charge in [-0.05, 0) is 18.9 Å². The van der Waals surface area contributed by atoms with Crippen molar-refractivity contribution in [3.8, 4) is 12.3 Å². The third-order valence-corrected chi connectivity index (χ3v) is 5.04. The molecule has 0 saturated carbocycles. The van der Waals surface area contributed by atoms with Crippen LogP contribution in [0.5, 0.6) is 0 Å². The lowest BCUT2D eigenvalue weighted by Gasteiger charge is -2.31. The number of hydrogen-bond donors (Lipinski definition) is 1. The minimum Gasteiger partial charge on any atom is -0.367 e. The lowest BCUT2D eigenvalue weighted by molar-refractivity contribution is -0.126. The Labute approximate surface area is 142 Å². The summed E-state index contributed by atoms with van der Waals surface area (Å²) in [4.78, 5) is 11.4. The molecular weight excluding hydrogens is 337 g/mol. The van der Waals surface area contributed by atoms with Gasteiger partial charge in [-0.15, -0.1) is 17.8 Å². The number of piperidine rings is 1. The second-order valence-corrected chi connectivity index (χ2v) is 6.96. The lowest BCUT2D eigenvalue weighted by Crippen LogP contribution is -2.39. The van der Waals surface area contributed by atoms with Crippen LogP contribution in [0.15, 0.2) is 12.4 Å². The van der Waals surface area contributed by atoms with E-state index < -0.39 is 12.6 Å². The molecule has 24 heavy (non-hydrogen) atoms. The van der Waals surface area contributed by atoms with E-state index in [0.717, 1.165) is 37.3 Å². The van der Waals surface area contributed by atoms with Gasteiger partial charge in [-0.25, -0.2) is 9.97 Å². The number of nitrogens with one attached hydrogen (secondary N) is 1. The number of nitrogens with zero attached hydrogens (tertiary/aromatic N) is 3. The molecule has 0 atom stereocenters. The molecule has 8 heteroatoms. The number of terminal acetylenes is 1. The molecule has 128 valence electrons. The van der Waals surface area contributed by atoms with E-state index in [-0.39, 0.29) is 10.9 Å². The van der Waals surface area contributed by atoms with Gasteiger partial charge in [0.15, 0.2) is 0 Å². The molecule has 0 aromatic carbocycles. The topological polar surface area (TPSA) is 41.0 Å². The number of alkyl halides is 3. The molecule has 0 amide bonds. The van der Waals surface area contributed by atoms with Crippen molar-refractivity contribution in [3.05, 3.63) is 17.3 Å².